The molecule has 19 heavy (non-hydrogen) atoms. The molecule has 2 rings (SSSR count). The second kappa shape index (κ2) is 5.80. The summed E-state index contributed by atoms with van der Waals surface area (Å²) in [4.78, 5) is 12.0. The molecule has 1 aromatic carbocycles. The molecule has 0 heterocycles. The topological polar surface area (TPSA) is 75.4 Å². The Kier molecular flexibility index (Phi) is 4.32. The molecule has 0 aromatic heterocycles. The standard InChI is InChI=1S/C14H19ClN2O2/c15-12-5-4-10(16)8-11(12)13(18)17-9-14(19)6-2-1-3-7-14/h4-5,8,19H,1-3,6-7,9,16H2,(H,17,18). The predicted molar refractivity (Wildman–Crippen MR) is 76.2 cm³/mol. The van der Waals surface area contributed by atoms with Crippen molar-refractivity contribution in [3.05, 3.63) is 28.8 Å². The van der Waals surface area contributed by atoms with E-state index >= 15 is 0 Å². The number of halogens is 1. The summed E-state index contributed by atoms with van der Waals surface area (Å²) in [5.74, 6) is -0.295. The average Bonchev–Trinajstić information content (AvgIpc) is 2.40. The lowest BCUT2D eigenvalue weighted by atomic mass is 9.85. The van der Waals surface area contributed by atoms with Crippen LogP contribution in [0.3, 0.4) is 0 Å². The largest absolute Gasteiger partial charge is 0.399 e. The van der Waals surface area contributed by atoms with Crippen LogP contribution in [-0.2, 0) is 0 Å². The van der Waals surface area contributed by atoms with Gasteiger partial charge in [0.2, 0.25) is 0 Å². The van der Waals surface area contributed by atoms with Crippen LogP contribution in [-0.4, -0.2) is 23.2 Å². The fraction of sp³-hybridized carbons (Fsp3) is 0.500. The first-order valence-electron chi connectivity index (χ1n) is 6.56. The second-order valence-electron chi connectivity index (χ2n) is 5.21. The molecule has 1 saturated carbocycles. The van der Waals surface area contributed by atoms with Gasteiger partial charge in [-0.1, -0.05) is 30.9 Å². The number of rotatable bonds is 3. The van der Waals surface area contributed by atoms with E-state index in [0.717, 1.165) is 32.1 Å². The number of hydrogen-bond donors (Lipinski definition) is 3. The lowest BCUT2D eigenvalue weighted by Gasteiger charge is -2.32. The first-order chi connectivity index (χ1) is 9.00. The molecule has 0 aliphatic heterocycles. The molecule has 0 radical (unpaired) electrons. The molecule has 1 fully saturated rings. The first kappa shape index (κ1) is 14.2. The van der Waals surface area contributed by atoms with Crippen LogP contribution in [0.15, 0.2) is 18.2 Å². The lowest BCUT2D eigenvalue weighted by Crippen LogP contribution is -2.44. The zero-order valence-electron chi connectivity index (χ0n) is 10.8. The van der Waals surface area contributed by atoms with E-state index in [2.05, 4.69) is 5.32 Å². The summed E-state index contributed by atoms with van der Waals surface area (Å²) < 4.78 is 0. The molecule has 0 spiro atoms. The maximum atomic E-state index is 12.0. The first-order valence-corrected chi connectivity index (χ1v) is 6.94. The van der Waals surface area contributed by atoms with Crippen LogP contribution in [0.2, 0.25) is 5.02 Å². The number of carbonyl (C=O) groups is 1. The molecular weight excluding hydrogens is 264 g/mol. The third kappa shape index (κ3) is 3.61. The number of hydrogen-bond acceptors (Lipinski definition) is 3. The van der Waals surface area contributed by atoms with Crippen molar-refractivity contribution in [2.75, 3.05) is 12.3 Å². The van der Waals surface area contributed by atoms with Gasteiger partial charge in [-0.15, -0.1) is 0 Å². The summed E-state index contributed by atoms with van der Waals surface area (Å²) in [5, 5.41) is 13.4. The summed E-state index contributed by atoms with van der Waals surface area (Å²) >= 11 is 5.97. The van der Waals surface area contributed by atoms with Crippen LogP contribution in [0.1, 0.15) is 42.5 Å². The van der Waals surface area contributed by atoms with Crippen molar-refractivity contribution in [1.82, 2.24) is 5.32 Å². The predicted octanol–water partition coefficient (Wildman–Crippen LogP) is 2.35. The molecule has 0 unspecified atom stereocenters. The maximum Gasteiger partial charge on any atom is 0.252 e. The molecule has 0 saturated heterocycles. The van der Waals surface area contributed by atoms with Gasteiger partial charge >= 0.3 is 0 Å². The summed E-state index contributed by atoms with van der Waals surface area (Å²) in [5.41, 5.74) is 5.70. The number of aliphatic hydroxyl groups is 1. The normalized spacial score (nSPS) is 18.0. The van der Waals surface area contributed by atoms with Gasteiger partial charge in [-0.2, -0.15) is 0 Å². The minimum absolute atomic E-state index is 0.261. The highest BCUT2D eigenvalue weighted by Gasteiger charge is 2.29. The lowest BCUT2D eigenvalue weighted by molar-refractivity contribution is 0.00526. The van der Waals surface area contributed by atoms with Crippen molar-refractivity contribution < 1.29 is 9.90 Å². The van der Waals surface area contributed by atoms with Gasteiger partial charge in [0.15, 0.2) is 0 Å². The van der Waals surface area contributed by atoms with E-state index in [1.807, 2.05) is 0 Å². The van der Waals surface area contributed by atoms with Crippen LogP contribution in [0.5, 0.6) is 0 Å². The van der Waals surface area contributed by atoms with Gasteiger partial charge < -0.3 is 16.2 Å². The SMILES string of the molecule is Nc1ccc(Cl)c(C(=O)NCC2(O)CCCCC2)c1. The highest BCUT2D eigenvalue weighted by atomic mass is 35.5. The van der Waals surface area contributed by atoms with Crippen molar-refractivity contribution in [3.8, 4) is 0 Å². The zero-order chi connectivity index (χ0) is 13.9. The number of nitrogen functional groups attached to an aromatic ring is 1. The molecule has 1 aromatic rings. The maximum absolute atomic E-state index is 12.0. The van der Waals surface area contributed by atoms with Crippen molar-refractivity contribution in [2.24, 2.45) is 0 Å². The van der Waals surface area contributed by atoms with Crippen LogP contribution >= 0.6 is 11.6 Å². The molecular formula is C14H19ClN2O2. The van der Waals surface area contributed by atoms with Crippen LogP contribution in [0, 0.1) is 0 Å². The summed E-state index contributed by atoms with van der Waals surface area (Å²) in [6.07, 6.45) is 4.63. The minimum Gasteiger partial charge on any atom is -0.399 e. The third-order valence-corrected chi connectivity index (χ3v) is 3.93. The average molecular weight is 283 g/mol. The zero-order valence-corrected chi connectivity index (χ0v) is 11.5. The fourth-order valence-corrected chi connectivity index (χ4v) is 2.65. The van der Waals surface area contributed by atoms with Gasteiger partial charge in [-0.05, 0) is 31.0 Å². The molecule has 104 valence electrons. The van der Waals surface area contributed by atoms with Crippen molar-refractivity contribution >= 4 is 23.2 Å². The van der Waals surface area contributed by atoms with Crippen molar-refractivity contribution in [3.63, 3.8) is 0 Å². The van der Waals surface area contributed by atoms with Crippen LogP contribution in [0.25, 0.3) is 0 Å². The summed E-state index contributed by atoms with van der Waals surface area (Å²) in [7, 11) is 0. The van der Waals surface area contributed by atoms with Crippen molar-refractivity contribution in [2.45, 2.75) is 37.7 Å². The molecule has 1 aliphatic carbocycles. The van der Waals surface area contributed by atoms with E-state index in [4.69, 9.17) is 17.3 Å². The number of nitrogens with one attached hydrogen (secondary N) is 1. The van der Waals surface area contributed by atoms with Gasteiger partial charge in [0, 0.05) is 12.2 Å². The van der Waals surface area contributed by atoms with Crippen LogP contribution < -0.4 is 11.1 Å². The van der Waals surface area contributed by atoms with Gasteiger partial charge in [-0.25, -0.2) is 0 Å². The Labute approximate surface area is 117 Å². The Bertz CT molecular complexity index is 471. The van der Waals surface area contributed by atoms with E-state index in [0.29, 0.717) is 16.3 Å². The summed E-state index contributed by atoms with van der Waals surface area (Å²) in [6.45, 7) is 0.261. The molecule has 4 N–H and O–H groups in total. The second-order valence-corrected chi connectivity index (χ2v) is 5.61. The van der Waals surface area contributed by atoms with E-state index in [9.17, 15) is 9.90 Å². The van der Waals surface area contributed by atoms with Gasteiger partial charge in [0.25, 0.3) is 5.91 Å². The molecule has 1 aliphatic rings. The fourth-order valence-electron chi connectivity index (χ4n) is 2.44. The monoisotopic (exact) mass is 282 g/mol. The number of amides is 1. The Morgan fingerprint density at radius 1 is 1.37 bits per heavy atom. The van der Waals surface area contributed by atoms with Gasteiger partial charge in [0.1, 0.15) is 0 Å². The number of carbonyl (C=O) groups excluding carboxylic acids is 1. The molecule has 4 nitrogen and oxygen atoms in total. The number of nitrogens with two attached hydrogens (primary N) is 1. The Morgan fingerprint density at radius 3 is 2.74 bits per heavy atom. The molecule has 0 bridgehead atoms. The van der Waals surface area contributed by atoms with E-state index in [-0.39, 0.29) is 12.5 Å². The quantitative estimate of drug-likeness (QED) is 0.745. The van der Waals surface area contributed by atoms with Gasteiger partial charge in [-0.3, -0.25) is 4.79 Å². The Hall–Kier alpha value is -1.26. The highest BCUT2D eigenvalue weighted by Crippen LogP contribution is 2.27. The van der Waals surface area contributed by atoms with Gasteiger partial charge in [0.05, 0.1) is 16.2 Å². The van der Waals surface area contributed by atoms with E-state index < -0.39 is 5.60 Å². The number of anilines is 1. The smallest absolute Gasteiger partial charge is 0.252 e. The minimum atomic E-state index is -0.777. The van der Waals surface area contributed by atoms with E-state index in [1.54, 1.807) is 18.2 Å². The molecule has 5 heteroatoms. The van der Waals surface area contributed by atoms with E-state index in [1.165, 1.54) is 0 Å². The Morgan fingerprint density at radius 2 is 2.05 bits per heavy atom. The number of benzene rings is 1. The molecule has 0 atom stereocenters. The summed E-state index contributed by atoms with van der Waals surface area (Å²) in [6, 6.07) is 4.79. The Balaban J connectivity index is 1.99. The highest BCUT2D eigenvalue weighted by molar-refractivity contribution is 6.34. The van der Waals surface area contributed by atoms with Crippen LogP contribution in [0.4, 0.5) is 5.69 Å². The van der Waals surface area contributed by atoms with Crippen molar-refractivity contribution in [1.29, 1.82) is 0 Å². The third-order valence-electron chi connectivity index (χ3n) is 3.60. The molecule has 1 amide bonds.